The second-order valence-corrected chi connectivity index (χ2v) is 3.85. The molecule has 0 spiro atoms. The molecule has 15 heavy (non-hydrogen) atoms. The van der Waals surface area contributed by atoms with Gasteiger partial charge in [0.05, 0.1) is 0 Å². The van der Waals surface area contributed by atoms with E-state index < -0.39 is 17.4 Å². The van der Waals surface area contributed by atoms with Gasteiger partial charge in [-0.1, -0.05) is 12.1 Å². The Bertz CT molecular complexity index is 385. The predicted octanol–water partition coefficient (Wildman–Crippen LogP) is 1.51. The maximum absolute atomic E-state index is 13.3. The fourth-order valence-corrected chi connectivity index (χ4v) is 1.24. The third-order valence-corrected chi connectivity index (χ3v) is 2.20. The van der Waals surface area contributed by atoms with E-state index in [4.69, 9.17) is 5.11 Å². The average Bonchev–Trinajstić information content (AvgIpc) is 2.09. The number of benzene rings is 1. The molecule has 0 bridgehead atoms. The van der Waals surface area contributed by atoms with Gasteiger partial charge in [0.25, 0.3) is 0 Å². The summed E-state index contributed by atoms with van der Waals surface area (Å²) in [4.78, 5) is 10.6. The largest absolute Gasteiger partial charge is 0.479 e. The number of aryl methyl sites for hydroxylation is 1. The van der Waals surface area contributed by atoms with Crippen LogP contribution in [-0.4, -0.2) is 21.8 Å². The Morgan fingerprint density at radius 2 is 2.13 bits per heavy atom. The molecule has 0 radical (unpaired) electrons. The predicted molar refractivity (Wildman–Crippen MR) is 53.1 cm³/mol. The molecular formula is C11H13FO3. The minimum Gasteiger partial charge on any atom is -0.479 e. The van der Waals surface area contributed by atoms with E-state index in [9.17, 15) is 14.3 Å². The third-order valence-electron chi connectivity index (χ3n) is 2.20. The Hall–Kier alpha value is -1.42. The molecule has 1 rings (SSSR count). The molecule has 0 heterocycles. The van der Waals surface area contributed by atoms with Gasteiger partial charge in [0.15, 0.2) is 5.60 Å². The van der Waals surface area contributed by atoms with E-state index in [-0.39, 0.29) is 12.0 Å². The topological polar surface area (TPSA) is 57.5 Å². The van der Waals surface area contributed by atoms with Crippen LogP contribution in [0.1, 0.15) is 18.1 Å². The van der Waals surface area contributed by atoms with Crippen molar-refractivity contribution in [1.82, 2.24) is 0 Å². The van der Waals surface area contributed by atoms with Gasteiger partial charge in [0, 0.05) is 6.42 Å². The van der Waals surface area contributed by atoms with Gasteiger partial charge in [-0.15, -0.1) is 0 Å². The van der Waals surface area contributed by atoms with Crippen molar-refractivity contribution in [3.8, 4) is 0 Å². The first kappa shape index (κ1) is 11.7. The number of carbonyl (C=O) groups is 1. The van der Waals surface area contributed by atoms with Crippen molar-refractivity contribution in [3.63, 3.8) is 0 Å². The standard InChI is InChI=1S/C11H13FO3/c1-7-3-4-8(9(12)5-7)6-11(2,15)10(13)14/h3-5,15H,6H2,1-2H3,(H,13,14). The van der Waals surface area contributed by atoms with Crippen molar-refractivity contribution in [1.29, 1.82) is 0 Å². The van der Waals surface area contributed by atoms with Gasteiger partial charge in [-0.3, -0.25) is 0 Å². The fourth-order valence-electron chi connectivity index (χ4n) is 1.24. The van der Waals surface area contributed by atoms with Gasteiger partial charge in [0.1, 0.15) is 5.82 Å². The second-order valence-electron chi connectivity index (χ2n) is 3.85. The highest BCUT2D eigenvalue weighted by atomic mass is 19.1. The van der Waals surface area contributed by atoms with Crippen LogP contribution < -0.4 is 0 Å². The van der Waals surface area contributed by atoms with Crippen molar-refractivity contribution in [3.05, 3.63) is 35.1 Å². The van der Waals surface area contributed by atoms with Crippen molar-refractivity contribution in [2.45, 2.75) is 25.9 Å². The number of hydrogen-bond donors (Lipinski definition) is 2. The Morgan fingerprint density at radius 3 is 2.60 bits per heavy atom. The van der Waals surface area contributed by atoms with Gasteiger partial charge in [-0.2, -0.15) is 0 Å². The molecule has 4 heteroatoms. The van der Waals surface area contributed by atoms with Crippen LogP contribution in [0.2, 0.25) is 0 Å². The highest BCUT2D eigenvalue weighted by Crippen LogP contribution is 2.17. The van der Waals surface area contributed by atoms with Crippen molar-refractivity contribution >= 4 is 5.97 Å². The molecular weight excluding hydrogens is 199 g/mol. The van der Waals surface area contributed by atoms with E-state index in [1.807, 2.05) is 0 Å². The summed E-state index contributed by atoms with van der Waals surface area (Å²) in [5, 5.41) is 18.1. The Kier molecular flexibility index (Phi) is 3.09. The van der Waals surface area contributed by atoms with Gasteiger partial charge in [-0.05, 0) is 31.0 Å². The molecule has 1 aromatic carbocycles. The van der Waals surface area contributed by atoms with Crippen molar-refractivity contribution in [2.24, 2.45) is 0 Å². The molecule has 0 aliphatic heterocycles. The zero-order chi connectivity index (χ0) is 11.6. The van der Waals surface area contributed by atoms with E-state index in [1.54, 1.807) is 13.0 Å². The highest BCUT2D eigenvalue weighted by Gasteiger charge is 2.30. The molecule has 0 amide bonds. The molecule has 0 saturated carbocycles. The lowest BCUT2D eigenvalue weighted by Crippen LogP contribution is -2.37. The molecule has 3 nitrogen and oxygen atoms in total. The summed E-state index contributed by atoms with van der Waals surface area (Å²) in [7, 11) is 0. The Labute approximate surface area is 87.2 Å². The zero-order valence-corrected chi connectivity index (χ0v) is 8.62. The lowest BCUT2D eigenvalue weighted by Gasteiger charge is -2.18. The normalized spacial score (nSPS) is 14.7. The molecule has 0 aromatic heterocycles. The fraction of sp³-hybridized carbons (Fsp3) is 0.364. The second kappa shape index (κ2) is 3.98. The first-order valence-electron chi connectivity index (χ1n) is 4.54. The summed E-state index contributed by atoms with van der Waals surface area (Å²) < 4.78 is 13.3. The van der Waals surface area contributed by atoms with Gasteiger partial charge in [0.2, 0.25) is 0 Å². The average molecular weight is 212 g/mol. The van der Waals surface area contributed by atoms with Crippen LogP contribution in [0.3, 0.4) is 0 Å². The van der Waals surface area contributed by atoms with E-state index in [0.717, 1.165) is 12.5 Å². The number of hydrogen-bond acceptors (Lipinski definition) is 2. The van der Waals surface area contributed by atoms with Gasteiger partial charge < -0.3 is 10.2 Å². The number of rotatable bonds is 3. The molecule has 2 N–H and O–H groups in total. The Balaban J connectivity index is 2.95. The monoisotopic (exact) mass is 212 g/mol. The van der Waals surface area contributed by atoms with Gasteiger partial charge >= 0.3 is 5.97 Å². The molecule has 1 unspecified atom stereocenters. The highest BCUT2D eigenvalue weighted by molar-refractivity contribution is 5.76. The van der Waals surface area contributed by atoms with Gasteiger partial charge in [-0.25, -0.2) is 9.18 Å². The maximum Gasteiger partial charge on any atom is 0.335 e. The lowest BCUT2D eigenvalue weighted by atomic mass is 9.96. The minimum absolute atomic E-state index is 0.202. The van der Waals surface area contributed by atoms with Crippen LogP contribution in [0, 0.1) is 12.7 Å². The molecule has 0 aliphatic carbocycles. The number of aliphatic hydroxyl groups is 1. The summed E-state index contributed by atoms with van der Waals surface area (Å²) in [6.07, 6.45) is -0.242. The van der Waals surface area contributed by atoms with Crippen LogP contribution in [0.4, 0.5) is 4.39 Å². The summed E-state index contributed by atoms with van der Waals surface area (Å²) >= 11 is 0. The van der Waals surface area contributed by atoms with E-state index in [0.29, 0.717) is 0 Å². The van der Waals surface area contributed by atoms with Crippen LogP contribution in [-0.2, 0) is 11.2 Å². The number of carboxylic acids is 1. The number of carboxylic acid groups (broad SMARTS) is 1. The molecule has 1 atom stereocenters. The molecule has 0 aliphatic rings. The van der Waals surface area contributed by atoms with Crippen LogP contribution in [0.15, 0.2) is 18.2 Å². The van der Waals surface area contributed by atoms with E-state index in [2.05, 4.69) is 0 Å². The number of halogens is 1. The first-order valence-corrected chi connectivity index (χ1v) is 4.54. The maximum atomic E-state index is 13.3. The summed E-state index contributed by atoms with van der Waals surface area (Å²) in [6.45, 7) is 2.89. The Morgan fingerprint density at radius 1 is 1.53 bits per heavy atom. The van der Waals surface area contributed by atoms with Crippen LogP contribution in [0.25, 0.3) is 0 Å². The molecule has 1 aromatic rings. The zero-order valence-electron chi connectivity index (χ0n) is 8.62. The van der Waals surface area contributed by atoms with E-state index in [1.165, 1.54) is 12.1 Å². The number of aliphatic carboxylic acids is 1. The lowest BCUT2D eigenvalue weighted by molar-refractivity contribution is -0.156. The minimum atomic E-state index is -1.93. The smallest absolute Gasteiger partial charge is 0.335 e. The molecule has 82 valence electrons. The molecule has 0 saturated heterocycles. The quantitative estimate of drug-likeness (QED) is 0.798. The van der Waals surface area contributed by atoms with Crippen LogP contribution >= 0.6 is 0 Å². The van der Waals surface area contributed by atoms with Crippen molar-refractivity contribution in [2.75, 3.05) is 0 Å². The summed E-state index contributed by atoms with van der Waals surface area (Å²) in [5.41, 5.74) is -0.977. The SMILES string of the molecule is Cc1ccc(CC(C)(O)C(=O)O)c(F)c1. The summed E-state index contributed by atoms with van der Waals surface area (Å²) in [5.74, 6) is -1.85. The van der Waals surface area contributed by atoms with Crippen molar-refractivity contribution < 1.29 is 19.4 Å². The van der Waals surface area contributed by atoms with E-state index >= 15 is 0 Å². The molecule has 0 fully saturated rings. The first-order chi connectivity index (χ1) is 6.83. The summed E-state index contributed by atoms with van der Waals surface area (Å²) in [6, 6.07) is 4.48. The van der Waals surface area contributed by atoms with Crippen LogP contribution in [0.5, 0.6) is 0 Å². The third kappa shape index (κ3) is 2.76.